The van der Waals surface area contributed by atoms with E-state index in [1.165, 1.54) is 7.11 Å². The van der Waals surface area contributed by atoms with Gasteiger partial charge >= 0.3 is 53.7 Å². The molecule has 0 spiro atoms. The topological polar surface area (TPSA) is 399 Å². The summed E-state index contributed by atoms with van der Waals surface area (Å²) in [4.78, 5) is 143. The maximum atomic E-state index is 11.3. The number of Topliss-reactive ketones (excluding diaryl/α,β-unsaturated/α-hetero) is 4. The van der Waals surface area contributed by atoms with Crippen LogP contribution in [0.3, 0.4) is 0 Å². The Hall–Kier alpha value is -7.77. The number of hydrogen-bond acceptors (Lipinski definition) is 20. The van der Waals surface area contributed by atoms with Gasteiger partial charge in [-0.15, -0.1) is 0 Å². The number of aliphatic hydroxyl groups is 1. The number of aliphatic hydroxyl groups excluding tert-OH is 1. The minimum absolute atomic E-state index is 0.0224. The van der Waals surface area contributed by atoms with Crippen molar-refractivity contribution in [3.05, 3.63) is 68.8 Å². The monoisotopic (exact) mass is 1340 g/mol. The Bertz CT molecular complexity index is 2440. The molecule has 0 bridgehead atoms. The molecule has 0 saturated carbocycles. The predicted molar refractivity (Wildman–Crippen MR) is 354 cm³/mol. The number of esters is 4. The maximum absolute atomic E-state index is 11.3. The lowest BCUT2D eigenvalue weighted by Crippen LogP contribution is -2.27. The number of benzene rings is 2. The molecule has 2 aromatic carbocycles. The van der Waals surface area contributed by atoms with Crippen molar-refractivity contribution in [1.29, 1.82) is 0 Å². The minimum atomic E-state index is -1.42. The highest BCUT2D eigenvalue weighted by molar-refractivity contribution is 6.13. The molecule has 3 unspecified atom stereocenters. The lowest BCUT2D eigenvalue weighted by molar-refractivity contribution is -0.159. The summed E-state index contributed by atoms with van der Waals surface area (Å²) in [5, 5.41) is 52.5. The molecule has 0 heterocycles. The van der Waals surface area contributed by atoms with Gasteiger partial charge in [0, 0.05) is 36.5 Å². The lowest BCUT2D eigenvalue weighted by atomic mass is 9.91. The van der Waals surface area contributed by atoms with Gasteiger partial charge in [-0.1, -0.05) is 68.7 Å². The third-order valence-electron chi connectivity index (χ3n) is 13.9. The van der Waals surface area contributed by atoms with E-state index in [2.05, 4.69) is 18.6 Å². The van der Waals surface area contributed by atoms with Crippen LogP contribution in [0.4, 0.5) is 0 Å². The Labute approximate surface area is 556 Å². The Morgan fingerprint density at radius 1 is 0.436 bits per heavy atom. The fraction of sp³-hybridized carbons (Fsp3) is 0.638. The summed E-state index contributed by atoms with van der Waals surface area (Å²) in [5.41, 5.74) is -4.06. The van der Waals surface area contributed by atoms with Crippen molar-refractivity contribution in [2.24, 2.45) is 28.1 Å². The van der Waals surface area contributed by atoms with E-state index in [0.717, 1.165) is 96.9 Å². The van der Waals surface area contributed by atoms with E-state index < -0.39 is 74.9 Å². The van der Waals surface area contributed by atoms with Gasteiger partial charge in [0.25, 0.3) is 0 Å². The number of rotatable bonds is 27. The summed E-state index contributed by atoms with van der Waals surface area (Å²) >= 11 is 0. The number of carbonyl (C=O) groups excluding carboxylic acids is 8. The van der Waals surface area contributed by atoms with Crippen LogP contribution in [0.2, 0.25) is 0 Å². The van der Waals surface area contributed by atoms with Crippen LogP contribution in [-0.4, -0.2) is 167 Å². The third-order valence-corrected chi connectivity index (χ3v) is 13.9. The highest BCUT2D eigenvalue weighted by Gasteiger charge is 2.29. The van der Waals surface area contributed by atoms with Gasteiger partial charge in [0.05, 0.1) is 83.4 Å². The SMILES string of the molecule is CC(=O)c1cc(C(=O)O)c(C(C)=O)cc1C(=O)O.CC(=O)c1cc(C(C)=O)c(C(=O)O)cc1C(=O)O.CCC(C)(C)C(=O)O.CCC(C)(C)C(=O)OC.CCC(C)(C)C(=O)OCCO.CCC(C)C(=O)OC(C)(C)C.CCC(COC)OC.CCCCOC(=O)C(C)CC. The molecule has 538 valence electrons. The average molecular weight is 1340 g/mol. The van der Waals surface area contributed by atoms with Crippen LogP contribution in [0.5, 0.6) is 0 Å². The number of carboxylic acid groups (broad SMARTS) is 5. The zero-order chi connectivity index (χ0) is 75.4. The zero-order valence-corrected chi connectivity index (χ0v) is 60.5. The Kier molecular flexibility index (Phi) is 51.5. The largest absolute Gasteiger partial charge is 0.481 e. The maximum Gasteiger partial charge on any atom is 0.336 e. The smallest absolute Gasteiger partial charge is 0.336 e. The predicted octanol–water partition coefficient (Wildman–Crippen LogP) is 12.8. The van der Waals surface area contributed by atoms with Crippen LogP contribution in [0, 0.1) is 28.1 Å². The first kappa shape index (κ1) is 97.3. The van der Waals surface area contributed by atoms with Crippen molar-refractivity contribution in [3.63, 3.8) is 0 Å². The molecular weight excluding hydrogens is 1230 g/mol. The van der Waals surface area contributed by atoms with E-state index in [4.69, 9.17) is 54.3 Å². The number of methoxy groups -OCH3 is 3. The van der Waals surface area contributed by atoms with Gasteiger partial charge < -0.3 is 59.1 Å². The first-order chi connectivity index (χ1) is 43.0. The molecule has 0 aromatic heterocycles. The van der Waals surface area contributed by atoms with E-state index in [1.54, 1.807) is 28.1 Å². The number of ketones is 4. The fourth-order valence-electron chi connectivity index (χ4n) is 5.86. The number of hydrogen-bond donors (Lipinski definition) is 6. The van der Waals surface area contributed by atoms with Gasteiger partial charge in [-0.3, -0.25) is 43.2 Å². The molecule has 0 amide bonds. The molecule has 2 aromatic rings. The van der Waals surface area contributed by atoms with Crippen molar-refractivity contribution in [2.45, 2.75) is 215 Å². The molecule has 0 aliphatic carbocycles. The van der Waals surface area contributed by atoms with Crippen molar-refractivity contribution < 1.29 is 121 Å². The molecule has 3 atom stereocenters. The molecule has 25 nitrogen and oxygen atoms in total. The minimum Gasteiger partial charge on any atom is -0.481 e. The van der Waals surface area contributed by atoms with Gasteiger partial charge in [0.2, 0.25) is 0 Å². The van der Waals surface area contributed by atoms with Gasteiger partial charge in [0.15, 0.2) is 23.1 Å². The van der Waals surface area contributed by atoms with E-state index in [9.17, 15) is 62.3 Å². The normalized spacial score (nSPS) is 11.5. The average Bonchev–Trinajstić information content (AvgIpc) is 0.819. The van der Waals surface area contributed by atoms with Crippen LogP contribution in [0.25, 0.3) is 0 Å². The standard InChI is InChI=1S/2C12H10O6.2C9H18O2.C8H16O3.C7H14O2.C6H14O2.C6H12O2/c1-5(13)7-3-10(12(17)18)8(6(2)14)4-9(7)11(15)16;1-5(13)7-3-8(6(2)14)10(12(17)18)4-9(7)11(15)16;1-6-7(2)8(10)11-9(3,4)5;1-4-6-7-11-9(10)8(3)5-2;1-4-8(2,3)7(10)11-6-5-9;1-5-7(2,3)6(8)9-4;1-4-6(8-3)5-7-2;1-4-6(2,3)5(7)8/h2*3-4H,1-2H3,(H,15,16)(H,17,18);7H,6H2,1-5H3;8H,4-7H2,1-3H3;9H,4-6H2,1-3H3;5H2,1-4H3;6H,4-5H2,1-3H3;4H2,1-3H3,(H,7,8). The number of aromatic carboxylic acids is 4. The number of carboxylic acids is 5. The molecule has 6 N–H and O–H groups in total. The molecule has 25 heteroatoms. The molecule has 0 fully saturated rings. The molecule has 0 aliphatic heterocycles. The van der Waals surface area contributed by atoms with Gasteiger partial charge in [-0.2, -0.15) is 0 Å². The number of ether oxygens (including phenoxy) is 6. The summed E-state index contributed by atoms with van der Waals surface area (Å²) in [6.07, 6.45) is 7.31. The van der Waals surface area contributed by atoms with E-state index in [0.29, 0.717) is 19.6 Å². The second-order valence-corrected chi connectivity index (χ2v) is 24.1. The molecule has 0 aliphatic rings. The van der Waals surface area contributed by atoms with E-state index >= 15 is 0 Å². The molecule has 0 radical (unpaired) electrons. The Morgan fingerprint density at radius 2 is 0.755 bits per heavy atom. The van der Waals surface area contributed by atoms with Crippen molar-refractivity contribution in [3.8, 4) is 0 Å². The summed E-state index contributed by atoms with van der Waals surface area (Å²) in [5.74, 6) is -9.04. The summed E-state index contributed by atoms with van der Waals surface area (Å²) in [7, 11) is 4.80. The van der Waals surface area contributed by atoms with E-state index in [-0.39, 0.29) is 99.4 Å². The van der Waals surface area contributed by atoms with Crippen molar-refractivity contribution in [1.82, 2.24) is 0 Å². The lowest BCUT2D eigenvalue weighted by Gasteiger charge is -2.21. The van der Waals surface area contributed by atoms with Crippen LogP contribution < -0.4 is 0 Å². The molecule has 94 heavy (non-hydrogen) atoms. The summed E-state index contributed by atoms with van der Waals surface area (Å²) < 4.78 is 29.3. The van der Waals surface area contributed by atoms with E-state index in [1.807, 2.05) is 96.9 Å². The summed E-state index contributed by atoms with van der Waals surface area (Å²) in [6, 6.07) is 3.69. The van der Waals surface area contributed by atoms with Crippen LogP contribution >= 0.6 is 0 Å². The molecule has 2 rings (SSSR count). The van der Waals surface area contributed by atoms with Crippen LogP contribution in [-0.2, 0) is 52.4 Å². The van der Waals surface area contributed by atoms with Crippen LogP contribution in [0.15, 0.2) is 24.3 Å². The Morgan fingerprint density at radius 3 is 0.957 bits per heavy atom. The van der Waals surface area contributed by atoms with Crippen molar-refractivity contribution >= 4 is 76.9 Å². The van der Waals surface area contributed by atoms with Gasteiger partial charge in [0.1, 0.15) is 12.2 Å². The summed E-state index contributed by atoms with van der Waals surface area (Å²) in [6.45, 7) is 40.0. The van der Waals surface area contributed by atoms with Crippen molar-refractivity contribution in [2.75, 3.05) is 47.8 Å². The van der Waals surface area contributed by atoms with Crippen LogP contribution in [0.1, 0.15) is 287 Å². The fourth-order valence-corrected chi connectivity index (χ4v) is 5.86. The highest BCUT2D eigenvalue weighted by atomic mass is 16.6. The third kappa shape index (κ3) is 41.7. The molecular formula is C69H112O25. The second-order valence-electron chi connectivity index (χ2n) is 24.1. The van der Waals surface area contributed by atoms with Gasteiger partial charge in [-0.25, -0.2) is 19.2 Å². The molecule has 0 saturated heterocycles. The Balaban J connectivity index is -0.000000240. The number of aliphatic carboxylic acids is 1. The van der Waals surface area contributed by atoms with Gasteiger partial charge in [-0.05, 0) is 159 Å². The highest BCUT2D eigenvalue weighted by Crippen LogP contribution is 2.24. The first-order valence-corrected chi connectivity index (χ1v) is 30.9. The first-order valence-electron chi connectivity index (χ1n) is 30.9. The quantitative estimate of drug-likeness (QED) is 0.0209. The second kappa shape index (κ2) is 49.8. The number of unbranched alkanes of at least 4 members (excludes halogenated alkanes) is 1. The number of carbonyl (C=O) groups is 13. The zero-order valence-electron chi connectivity index (χ0n) is 60.5.